The Morgan fingerprint density at radius 2 is 2.15 bits per heavy atom. The molecule has 2 amide bonds. The third-order valence-electron chi connectivity index (χ3n) is 5.04. The highest BCUT2D eigenvalue weighted by Crippen LogP contribution is 2.31. The number of para-hydroxylation sites is 1. The number of nitrogens with one attached hydrogen (secondary N) is 1. The van der Waals surface area contributed by atoms with Crippen molar-refractivity contribution in [3.05, 3.63) is 30.0 Å². The van der Waals surface area contributed by atoms with Crippen LogP contribution in [0.2, 0.25) is 0 Å². The van der Waals surface area contributed by atoms with E-state index in [2.05, 4.69) is 5.32 Å². The second-order valence-corrected chi connectivity index (χ2v) is 6.94. The summed E-state index contributed by atoms with van der Waals surface area (Å²) >= 11 is 0. The van der Waals surface area contributed by atoms with E-state index < -0.39 is 6.04 Å². The molecule has 6 heteroatoms. The number of nitrogens with zero attached hydrogens (tertiary/aromatic N) is 1. The quantitative estimate of drug-likeness (QED) is 0.837. The first kappa shape index (κ1) is 19.3. The van der Waals surface area contributed by atoms with Crippen LogP contribution in [-0.4, -0.2) is 35.9 Å². The summed E-state index contributed by atoms with van der Waals surface area (Å²) < 4.78 is 11.6. The van der Waals surface area contributed by atoms with Gasteiger partial charge in [-0.15, -0.1) is 0 Å². The van der Waals surface area contributed by atoms with Crippen molar-refractivity contribution >= 4 is 22.8 Å². The number of hydrogen-bond donors (Lipinski definition) is 1. The Morgan fingerprint density at radius 1 is 1.33 bits per heavy atom. The number of hydrogen-bond acceptors (Lipinski definition) is 4. The number of ether oxygens (including phenoxy) is 1. The van der Waals surface area contributed by atoms with Gasteiger partial charge in [-0.3, -0.25) is 9.59 Å². The molecule has 27 heavy (non-hydrogen) atoms. The van der Waals surface area contributed by atoms with Crippen molar-refractivity contribution in [3.63, 3.8) is 0 Å². The van der Waals surface area contributed by atoms with Crippen molar-refractivity contribution < 1.29 is 18.7 Å². The molecule has 2 unspecified atom stereocenters. The molecule has 1 saturated heterocycles. The molecule has 0 spiro atoms. The lowest BCUT2D eigenvalue weighted by atomic mass is 10.0. The second-order valence-electron chi connectivity index (χ2n) is 6.94. The number of rotatable bonds is 6. The number of benzene rings is 1. The van der Waals surface area contributed by atoms with Crippen LogP contribution in [0.1, 0.15) is 58.3 Å². The first-order valence-electron chi connectivity index (χ1n) is 9.80. The lowest BCUT2D eigenvalue weighted by Gasteiger charge is -2.35. The van der Waals surface area contributed by atoms with Crippen LogP contribution < -0.4 is 10.1 Å². The van der Waals surface area contributed by atoms with E-state index in [0.717, 1.165) is 18.2 Å². The van der Waals surface area contributed by atoms with E-state index in [0.29, 0.717) is 43.1 Å². The van der Waals surface area contributed by atoms with Crippen LogP contribution in [0.25, 0.3) is 11.0 Å². The maximum absolute atomic E-state index is 12.8. The van der Waals surface area contributed by atoms with Crippen LogP contribution in [-0.2, 0) is 9.59 Å². The Kier molecular flexibility index (Phi) is 6.04. The van der Waals surface area contributed by atoms with Crippen LogP contribution in [0, 0.1) is 0 Å². The number of fused-ring (bicyclic) bond motifs is 1. The zero-order valence-electron chi connectivity index (χ0n) is 16.3. The average Bonchev–Trinajstić information content (AvgIpc) is 3.13. The van der Waals surface area contributed by atoms with Gasteiger partial charge in [0.05, 0.1) is 12.6 Å². The van der Waals surface area contributed by atoms with E-state index in [9.17, 15) is 9.59 Å². The maximum Gasteiger partial charge on any atom is 0.243 e. The maximum atomic E-state index is 12.8. The molecule has 2 heterocycles. The van der Waals surface area contributed by atoms with Gasteiger partial charge >= 0.3 is 0 Å². The van der Waals surface area contributed by atoms with E-state index in [1.165, 1.54) is 0 Å². The number of carbonyl (C=O) groups excluding carboxylic acids is 2. The second kappa shape index (κ2) is 8.46. The van der Waals surface area contributed by atoms with Crippen LogP contribution in [0.3, 0.4) is 0 Å². The molecule has 6 nitrogen and oxygen atoms in total. The summed E-state index contributed by atoms with van der Waals surface area (Å²) in [6.07, 6.45) is 3.04. The molecule has 1 fully saturated rings. The van der Waals surface area contributed by atoms with Crippen LogP contribution >= 0.6 is 0 Å². The summed E-state index contributed by atoms with van der Waals surface area (Å²) in [7, 11) is 0. The molecule has 1 aliphatic rings. The monoisotopic (exact) mass is 372 g/mol. The molecule has 2 atom stereocenters. The Morgan fingerprint density at radius 3 is 2.89 bits per heavy atom. The summed E-state index contributed by atoms with van der Waals surface area (Å²) in [5, 5.41) is 3.96. The predicted molar refractivity (Wildman–Crippen MR) is 104 cm³/mol. The van der Waals surface area contributed by atoms with E-state index in [4.69, 9.17) is 9.15 Å². The van der Waals surface area contributed by atoms with Gasteiger partial charge in [0.2, 0.25) is 11.8 Å². The molecule has 3 rings (SSSR count). The van der Waals surface area contributed by atoms with Gasteiger partial charge in [0, 0.05) is 18.4 Å². The van der Waals surface area contributed by atoms with Gasteiger partial charge in [-0.2, -0.15) is 0 Å². The lowest BCUT2D eigenvalue weighted by molar-refractivity contribution is -0.142. The largest absolute Gasteiger partial charge is 0.490 e. The van der Waals surface area contributed by atoms with Gasteiger partial charge in [0.25, 0.3) is 0 Å². The van der Waals surface area contributed by atoms with Gasteiger partial charge in [-0.05, 0) is 45.2 Å². The third-order valence-corrected chi connectivity index (χ3v) is 5.04. The molecule has 0 radical (unpaired) electrons. The molecular formula is C21H28N2O4. The molecule has 0 aliphatic carbocycles. The number of carbonyl (C=O) groups is 2. The van der Waals surface area contributed by atoms with Crippen LogP contribution in [0.15, 0.2) is 28.7 Å². The van der Waals surface area contributed by atoms with Crippen molar-refractivity contribution in [1.82, 2.24) is 10.2 Å². The Bertz CT molecular complexity index is 814. The number of likely N-dealkylation sites (tertiary alicyclic amines) is 1. The zero-order valence-corrected chi connectivity index (χ0v) is 16.3. The molecule has 2 aromatic rings. The van der Waals surface area contributed by atoms with Crippen molar-refractivity contribution in [2.45, 2.75) is 58.5 Å². The molecule has 1 N–H and O–H groups in total. The Labute approximate surface area is 159 Å². The fourth-order valence-corrected chi connectivity index (χ4v) is 3.63. The van der Waals surface area contributed by atoms with E-state index in [1.54, 1.807) is 4.90 Å². The Hall–Kier alpha value is -2.50. The third kappa shape index (κ3) is 4.10. The summed E-state index contributed by atoms with van der Waals surface area (Å²) in [6.45, 7) is 6.87. The predicted octanol–water partition coefficient (Wildman–Crippen LogP) is 3.80. The van der Waals surface area contributed by atoms with Crippen molar-refractivity contribution in [3.8, 4) is 5.75 Å². The van der Waals surface area contributed by atoms with E-state index in [-0.39, 0.29) is 17.9 Å². The minimum Gasteiger partial charge on any atom is -0.490 e. The molecule has 1 aromatic carbocycles. The van der Waals surface area contributed by atoms with Crippen molar-refractivity contribution in [2.75, 3.05) is 13.2 Å². The fourth-order valence-electron chi connectivity index (χ4n) is 3.63. The smallest absolute Gasteiger partial charge is 0.243 e. The molecule has 1 aliphatic heterocycles. The minimum absolute atomic E-state index is 0.0348. The fraction of sp³-hybridized carbons (Fsp3) is 0.524. The topological polar surface area (TPSA) is 71.8 Å². The standard InChI is InChI=1S/C21H28N2O4/c1-4-19(24)23-12-7-6-10-16(23)21(25)22-14(3)18-13-15-9-8-11-17(26-5-2)20(15)27-18/h8-9,11,13-14,16H,4-7,10,12H2,1-3H3,(H,22,25). The molecule has 0 bridgehead atoms. The molecule has 1 aromatic heterocycles. The highest BCUT2D eigenvalue weighted by Gasteiger charge is 2.32. The number of amides is 2. The zero-order chi connectivity index (χ0) is 19.4. The number of furan rings is 1. The normalized spacial score (nSPS) is 18.3. The van der Waals surface area contributed by atoms with Crippen molar-refractivity contribution in [2.24, 2.45) is 0 Å². The van der Waals surface area contributed by atoms with Gasteiger partial charge < -0.3 is 19.4 Å². The first-order chi connectivity index (χ1) is 13.0. The van der Waals surface area contributed by atoms with Crippen molar-refractivity contribution in [1.29, 1.82) is 0 Å². The summed E-state index contributed by atoms with van der Waals surface area (Å²) in [5.74, 6) is 1.29. The van der Waals surface area contributed by atoms with Crippen LogP contribution in [0.5, 0.6) is 5.75 Å². The van der Waals surface area contributed by atoms with Gasteiger partial charge in [-0.25, -0.2) is 0 Å². The minimum atomic E-state index is -0.392. The highest BCUT2D eigenvalue weighted by atomic mass is 16.5. The average molecular weight is 372 g/mol. The summed E-state index contributed by atoms with van der Waals surface area (Å²) in [6, 6.07) is 7.00. The highest BCUT2D eigenvalue weighted by molar-refractivity contribution is 5.88. The van der Waals surface area contributed by atoms with E-state index >= 15 is 0 Å². The summed E-state index contributed by atoms with van der Waals surface area (Å²) in [4.78, 5) is 26.7. The lowest BCUT2D eigenvalue weighted by Crippen LogP contribution is -2.52. The summed E-state index contributed by atoms with van der Waals surface area (Å²) in [5.41, 5.74) is 0.691. The number of piperidine rings is 1. The Balaban J connectivity index is 1.75. The van der Waals surface area contributed by atoms with E-state index in [1.807, 2.05) is 45.0 Å². The molecule has 146 valence electrons. The molecule has 0 saturated carbocycles. The van der Waals surface area contributed by atoms with Gasteiger partial charge in [0.1, 0.15) is 11.8 Å². The van der Waals surface area contributed by atoms with Gasteiger partial charge in [-0.1, -0.05) is 19.1 Å². The van der Waals surface area contributed by atoms with Gasteiger partial charge in [0.15, 0.2) is 11.3 Å². The molecular weight excluding hydrogens is 344 g/mol. The van der Waals surface area contributed by atoms with Crippen LogP contribution in [0.4, 0.5) is 0 Å². The SMILES string of the molecule is CCOc1cccc2cc(C(C)NC(=O)C3CCCCN3C(=O)CC)oc12. The first-order valence-corrected chi connectivity index (χ1v) is 9.80.